The van der Waals surface area contributed by atoms with E-state index in [4.69, 9.17) is 9.47 Å². The summed E-state index contributed by atoms with van der Waals surface area (Å²) in [5, 5.41) is 11.3. The normalized spacial score (nSPS) is 20.4. The molecule has 1 aliphatic rings. The minimum absolute atomic E-state index is 0.110. The number of pyridine rings is 1. The predicted octanol–water partition coefficient (Wildman–Crippen LogP) is 1.23. The Bertz CT molecular complexity index is 663. The molecule has 0 saturated carbocycles. The summed E-state index contributed by atoms with van der Waals surface area (Å²) in [4.78, 5) is 40.5. The van der Waals surface area contributed by atoms with Gasteiger partial charge in [0.15, 0.2) is 0 Å². The van der Waals surface area contributed by atoms with Gasteiger partial charge in [-0.1, -0.05) is 0 Å². The molecule has 0 N–H and O–H groups in total. The van der Waals surface area contributed by atoms with Crippen LogP contribution in [0.3, 0.4) is 0 Å². The monoisotopic (exact) mass is 337 g/mol. The highest BCUT2D eigenvalue weighted by Gasteiger charge is 2.40. The highest BCUT2D eigenvalue weighted by atomic mass is 16.6. The lowest BCUT2D eigenvalue weighted by molar-refractivity contribution is -0.384. The van der Waals surface area contributed by atoms with Gasteiger partial charge in [0.05, 0.1) is 25.1 Å². The van der Waals surface area contributed by atoms with E-state index in [0.717, 1.165) is 0 Å². The second kappa shape index (κ2) is 7.24. The first kappa shape index (κ1) is 17.6. The van der Waals surface area contributed by atoms with Crippen LogP contribution in [0.5, 0.6) is 0 Å². The number of nitro groups is 1. The van der Waals surface area contributed by atoms with Crippen molar-refractivity contribution in [2.45, 2.75) is 25.8 Å². The van der Waals surface area contributed by atoms with Gasteiger partial charge < -0.3 is 14.4 Å². The summed E-state index contributed by atoms with van der Waals surface area (Å²) < 4.78 is 9.54. The molecular weight excluding hydrogens is 318 g/mol. The molecule has 0 amide bonds. The minimum atomic E-state index is -0.833. The van der Waals surface area contributed by atoms with Crippen LogP contribution >= 0.6 is 0 Å². The van der Waals surface area contributed by atoms with Crippen LogP contribution in [0.25, 0.3) is 0 Å². The number of hydrogen-bond donors (Lipinski definition) is 0. The van der Waals surface area contributed by atoms with E-state index in [2.05, 4.69) is 4.98 Å². The lowest BCUT2D eigenvalue weighted by atomic mass is 9.90. The van der Waals surface area contributed by atoms with Crippen molar-refractivity contribution in [3.05, 3.63) is 27.9 Å². The van der Waals surface area contributed by atoms with Gasteiger partial charge in [-0.15, -0.1) is 0 Å². The summed E-state index contributed by atoms with van der Waals surface area (Å²) >= 11 is 0. The van der Waals surface area contributed by atoms with Crippen molar-refractivity contribution in [1.29, 1.82) is 0 Å². The van der Waals surface area contributed by atoms with Gasteiger partial charge in [0, 0.05) is 18.3 Å². The predicted molar refractivity (Wildman–Crippen MR) is 83.5 cm³/mol. The summed E-state index contributed by atoms with van der Waals surface area (Å²) in [7, 11) is 2.52. The van der Waals surface area contributed by atoms with E-state index in [1.807, 2.05) is 0 Å². The molecule has 2 rings (SSSR count). The van der Waals surface area contributed by atoms with E-state index in [0.29, 0.717) is 12.1 Å². The molecule has 0 aromatic carbocycles. The number of hydrogen-bond acceptors (Lipinski definition) is 8. The van der Waals surface area contributed by atoms with E-state index in [1.54, 1.807) is 6.92 Å². The molecule has 9 heteroatoms. The molecule has 1 fully saturated rings. The van der Waals surface area contributed by atoms with Gasteiger partial charge in [-0.2, -0.15) is 0 Å². The number of methoxy groups -OCH3 is 2. The second-order valence-corrected chi connectivity index (χ2v) is 5.53. The molecule has 1 aromatic heterocycles. The van der Waals surface area contributed by atoms with Crippen LogP contribution in [0, 0.1) is 23.0 Å². The maximum absolute atomic E-state index is 12.2. The number of ether oxygens (including phenoxy) is 2. The van der Waals surface area contributed by atoms with Crippen molar-refractivity contribution in [2.24, 2.45) is 5.92 Å². The largest absolute Gasteiger partial charge is 0.469 e. The van der Waals surface area contributed by atoms with Crippen molar-refractivity contribution in [2.75, 3.05) is 25.7 Å². The number of carbonyl (C=O) groups excluding carboxylic acids is 2. The summed E-state index contributed by atoms with van der Waals surface area (Å²) in [5.74, 6) is -1.32. The van der Waals surface area contributed by atoms with Gasteiger partial charge in [-0.25, -0.2) is 9.78 Å². The Kier molecular flexibility index (Phi) is 5.32. The van der Waals surface area contributed by atoms with Gasteiger partial charge in [0.1, 0.15) is 6.04 Å². The maximum atomic E-state index is 12.2. The molecule has 0 radical (unpaired) electrons. The topological polar surface area (TPSA) is 112 Å². The number of aryl methyl sites for hydroxylation is 1. The first-order valence-electron chi connectivity index (χ1n) is 7.43. The Morgan fingerprint density at radius 1 is 1.29 bits per heavy atom. The first-order valence-corrected chi connectivity index (χ1v) is 7.43. The van der Waals surface area contributed by atoms with E-state index in [9.17, 15) is 19.7 Å². The van der Waals surface area contributed by atoms with Crippen molar-refractivity contribution in [1.82, 2.24) is 4.98 Å². The second-order valence-electron chi connectivity index (χ2n) is 5.53. The molecular formula is C15H19N3O6. The SMILES string of the molecule is COC(=O)C1CCN(c2nc(C)ccc2[N+](=O)[O-])C(C(=O)OC)C1. The lowest BCUT2D eigenvalue weighted by Crippen LogP contribution is -2.50. The quantitative estimate of drug-likeness (QED) is 0.458. The summed E-state index contributed by atoms with van der Waals surface area (Å²) in [5.41, 5.74) is 0.403. The third-order valence-corrected chi connectivity index (χ3v) is 4.07. The zero-order valence-electron chi connectivity index (χ0n) is 13.7. The van der Waals surface area contributed by atoms with Crippen molar-refractivity contribution < 1.29 is 24.0 Å². The number of carbonyl (C=O) groups is 2. The fraction of sp³-hybridized carbons (Fsp3) is 0.533. The van der Waals surface area contributed by atoms with Crippen LogP contribution in [0.4, 0.5) is 11.5 Å². The molecule has 2 unspecified atom stereocenters. The fourth-order valence-electron chi connectivity index (χ4n) is 2.85. The number of nitrogens with zero attached hydrogens (tertiary/aromatic N) is 3. The Morgan fingerprint density at radius 3 is 2.54 bits per heavy atom. The van der Waals surface area contributed by atoms with Crippen LogP contribution in [0.2, 0.25) is 0 Å². The Balaban J connectivity index is 2.41. The van der Waals surface area contributed by atoms with Crippen LogP contribution in [0.15, 0.2) is 12.1 Å². The minimum Gasteiger partial charge on any atom is -0.469 e. The number of anilines is 1. The van der Waals surface area contributed by atoms with E-state index < -0.39 is 28.8 Å². The summed E-state index contributed by atoms with van der Waals surface area (Å²) in [6, 6.07) is 2.06. The zero-order chi connectivity index (χ0) is 17.9. The van der Waals surface area contributed by atoms with Crippen molar-refractivity contribution in [3.8, 4) is 0 Å². The van der Waals surface area contributed by atoms with Crippen molar-refractivity contribution in [3.63, 3.8) is 0 Å². The number of piperidine rings is 1. The highest BCUT2D eigenvalue weighted by molar-refractivity contribution is 5.83. The van der Waals surface area contributed by atoms with Crippen LogP contribution in [-0.2, 0) is 19.1 Å². The molecule has 1 saturated heterocycles. The smallest absolute Gasteiger partial charge is 0.328 e. The summed E-state index contributed by atoms with van der Waals surface area (Å²) in [6.45, 7) is 1.97. The van der Waals surface area contributed by atoms with Gasteiger partial charge in [-0.3, -0.25) is 14.9 Å². The Labute approximate surface area is 138 Å². The summed E-state index contributed by atoms with van der Waals surface area (Å²) in [6.07, 6.45) is 0.569. The zero-order valence-corrected chi connectivity index (χ0v) is 13.7. The molecule has 1 aliphatic heterocycles. The molecule has 24 heavy (non-hydrogen) atoms. The molecule has 0 bridgehead atoms. The van der Waals surface area contributed by atoms with Crippen LogP contribution < -0.4 is 4.90 Å². The standard InChI is InChI=1S/C15H19N3O6/c1-9-4-5-11(18(21)22)13(16-9)17-7-6-10(14(19)23-2)8-12(17)15(20)24-3/h4-5,10,12H,6-8H2,1-3H3. The average molecular weight is 337 g/mol. The number of rotatable bonds is 4. The highest BCUT2D eigenvalue weighted by Crippen LogP contribution is 2.34. The average Bonchev–Trinajstić information content (AvgIpc) is 2.59. The molecule has 130 valence electrons. The van der Waals surface area contributed by atoms with Crippen molar-refractivity contribution >= 4 is 23.4 Å². The molecule has 0 aliphatic carbocycles. The molecule has 1 aromatic rings. The lowest BCUT2D eigenvalue weighted by Gasteiger charge is -2.37. The third kappa shape index (κ3) is 3.44. The molecule has 2 heterocycles. The van der Waals surface area contributed by atoms with E-state index in [1.165, 1.54) is 31.3 Å². The Morgan fingerprint density at radius 2 is 1.96 bits per heavy atom. The van der Waals surface area contributed by atoms with E-state index in [-0.39, 0.29) is 24.5 Å². The van der Waals surface area contributed by atoms with Gasteiger partial charge in [0.25, 0.3) is 0 Å². The third-order valence-electron chi connectivity index (χ3n) is 4.07. The fourth-order valence-corrected chi connectivity index (χ4v) is 2.85. The van der Waals surface area contributed by atoms with Gasteiger partial charge in [0.2, 0.25) is 5.82 Å². The molecule has 2 atom stereocenters. The molecule has 0 spiro atoms. The number of aromatic nitrogens is 1. The number of esters is 2. The van der Waals surface area contributed by atoms with E-state index >= 15 is 0 Å². The van der Waals surface area contributed by atoms with Crippen LogP contribution in [0.1, 0.15) is 18.5 Å². The first-order chi connectivity index (χ1) is 11.4. The van der Waals surface area contributed by atoms with Crippen LogP contribution in [-0.4, -0.2) is 48.7 Å². The Hall–Kier alpha value is -2.71. The molecule has 9 nitrogen and oxygen atoms in total. The van der Waals surface area contributed by atoms with Gasteiger partial charge in [-0.05, 0) is 25.8 Å². The maximum Gasteiger partial charge on any atom is 0.328 e. The van der Waals surface area contributed by atoms with Gasteiger partial charge >= 0.3 is 17.6 Å².